The molecule has 1 atom stereocenters. The molecule has 1 saturated carbocycles. The Kier molecular flexibility index (Phi) is 6.24. The van der Waals surface area contributed by atoms with E-state index >= 15 is 0 Å². The third-order valence-corrected chi connectivity index (χ3v) is 5.93. The molecular weight excluding hydrogens is 346 g/mol. The van der Waals surface area contributed by atoms with Crippen molar-refractivity contribution >= 4 is 11.9 Å². The largest absolute Gasteiger partial charge is 0.493 e. The van der Waals surface area contributed by atoms with Crippen molar-refractivity contribution in [3.05, 3.63) is 23.3 Å². The number of benzene rings is 1. The fourth-order valence-corrected chi connectivity index (χ4v) is 4.48. The molecule has 1 fully saturated rings. The lowest BCUT2D eigenvalue weighted by atomic mass is 9.89. The van der Waals surface area contributed by atoms with E-state index in [0.717, 1.165) is 17.5 Å². The molecule has 1 aromatic carbocycles. The van der Waals surface area contributed by atoms with Crippen LogP contribution in [0.2, 0.25) is 0 Å². The Morgan fingerprint density at radius 1 is 1.15 bits per heavy atom. The number of fused-ring (bicyclic) bond motifs is 1. The summed E-state index contributed by atoms with van der Waals surface area (Å²) in [7, 11) is 3.14. The number of amides is 1. The number of aliphatic carboxylic acids is 1. The van der Waals surface area contributed by atoms with E-state index in [1.54, 1.807) is 19.1 Å². The van der Waals surface area contributed by atoms with E-state index in [-0.39, 0.29) is 12.3 Å². The average molecular weight is 375 g/mol. The van der Waals surface area contributed by atoms with Crippen LogP contribution < -0.4 is 9.47 Å². The Morgan fingerprint density at radius 2 is 1.81 bits per heavy atom. The number of ether oxygens (including phenoxy) is 2. The van der Waals surface area contributed by atoms with Gasteiger partial charge in [-0.3, -0.25) is 9.59 Å². The van der Waals surface area contributed by atoms with Crippen LogP contribution in [-0.4, -0.2) is 42.6 Å². The second-order valence-corrected chi connectivity index (χ2v) is 7.55. The molecule has 0 spiro atoms. The van der Waals surface area contributed by atoms with Crippen molar-refractivity contribution in [1.82, 2.24) is 4.90 Å². The zero-order valence-corrected chi connectivity index (χ0v) is 16.2. The molecule has 148 valence electrons. The van der Waals surface area contributed by atoms with Gasteiger partial charge in [0.15, 0.2) is 11.5 Å². The molecule has 2 aliphatic rings. The highest BCUT2D eigenvalue weighted by molar-refractivity contribution is 5.78. The van der Waals surface area contributed by atoms with E-state index in [1.807, 2.05) is 12.1 Å². The lowest BCUT2D eigenvalue weighted by molar-refractivity contribution is -0.141. The maximum atomic E-state index is 12.9. The molecule has 0 saturated heterocycles. The summed E-state index contributed by atoms with van der Waals surface area (Å²) in [6.07, 6.45) is 6.96. The van der Waals surface area contributed by atoms with Crippen LogP contribution in [0, 0.1) is 5.92 Å². The first-order valence-electron chi connectivity index (χ1n) is 9.79. The standard InChI is InChI=1S/C21H29NO5/c1-26-18-11-15-9-10-22(20(23)8-7-14-5-3-4-6-14)17(13-21(24)25)16(15)12-19(18)27-2/h11-12,14,17H,3-10,13H2,1-2H3,(H,24,25). The number of hydrogen-bond acceptors (Lipinski definition) is 4. The van der Waals surface area contributed by atoms with Crippen molar-refractivity contribution in [3.63, 3.8) is 0 Å². The number of nitrogens with zero attached hydrogens (tertiary/aromatic N) is 1. The minimum atomic E-state index is -0.906. The third kappa shape index (κ3) is 4.37. The molecule has 1 unspecified atom stereocenters. The second-order valence-electron chi connectivity index (χ2n) is 7.55. The van der Waals surface area contributed by atoms with Gasteiger partial charge in [-0.15, -0.1) is 0 Å². The lowest BCUT2D eigenvalue weighted by Crippen LogP contribution is -2.41. The van der Waals surface area contributed by atoms with Gasteiger partial charge in [0.2, 0.25) is 5.91 Å². The summed E-state index contributed by atoms with van der Waals surface area (Å²) < 4.78 is 10.8. The van der Waals surface area contributed by atoms with E-state index in [4.69, 9.17) is 9.47 Å². The van der Waals surface area contributed by atoms with Gasteiger partial charge in [0.05, 0.1) is 26.7 Å². The van der Waals surface area contributed by atoms with Gasteiger partial charge in [0.25, 0.3) is 0 Å². The molecule has 6 heteroatoms. The molecule has 1 aliphatic heterocycles. The summed E-state index contributed by atoms with van der Waals surface area (Å²) in [6, 6.07) is 3.28. The molecule has 3 rings (SSSR count). The number of carbonyl (C=O) groups excluding carboxylic acids is 1. The first kappa shape index (κ1) is 19.5. The van der Waals surface area contributed by atoms with Crippen LogP contribution in [0.1, 0.15) is 62.1 Å². The van der Waals surface area contributed by atoms with Gasteiger partial charge < -0.3 is 19.5 Å². The summed E-state index contributed by atoms with van der Waals surface area (Å²) in [4.78, 5) is 26.2. The average Bonchev–Trinajstić information content (AvgIpc) is 3.18. The van der Waals surface area contributed by atoms with Crippen molar-refractivity contribution in [2.75, 3.05) is 20.8 Å². The van der Waals surface area contributed by atoms with Crippen LogP contribution in [0.25, 0.3) is 0 Å². The van der Waals surface area contributed by atoms with Crippen LogP contribution in [0.4, 0.5) is 0 Å². The lowest BCUT2D eigenvalue weighted by Gasteiger charge is -2.37. The van der Waals surface area contributed by atoms with E-state index in [2.05, 4.69) is 0 Å². The van der Waals surface area contributed by atoms with Crippen LogP contribution in [0.5, 0.6) is 11.5 Å². The summed E-state index contributed by atoms with van der Waals surface area (Å²) in [5, 5.41) is 9.43. The Balaban J connectivity index is 1.82. The maximum absolute atomic E-state index is 12.9. The van der Waals surface area contributed by atoms with E-state index < -0.39 is 12.0 Å². The van der Waals surface area contributed by atoms with Crippen molar-refractivity contribution < 1.29 is 24.2 Å². The molecule has 0 radical (unpaired) electrons. The molecule has 1 aromatic rings. The first-order valence-corrected chi connectivity index (χ1v) is 9.79. The van der Waals surface area contributed by atoms with Crippen LogP contribution in [0.15, 0.2) is 12.1 Å². The Hall–Kier alpha value is -2.24. The first-order chi connectivity index (χ1) is 13.0. The number of carbonyl (C=O) groups is 2. The zero-order valence-electron chi connectivity index (χ0n) is 16.2. The number of rotatable bonds is 7. The highest BCUT2D eigenvalue weighted by Gasteiger charge is 2.33. The summed E-state index contributed by atoms with van der Waals surface area (Å²) >= 11 is 0. The zero-order chi connectivity index (χ0) is 19.4. The van der Waals surface area contributed by atoms with Gasteiger partial charge >= 0.3 is 5.97 Å². The SMILES string of the molecule is COc1cc2c(cc1OC)C(CC(=O)O)N(C(=O)CCC1CCCC1)CC2. The molecule has 1 N–H and O–H groups in total. The molecule has 1 aliphatic carbocycles. The molecule has 6 nitrogen and oxygen atoms in total. The van der Waals surface area contributed by atoms with Gasteiger partial charge in [0, 0.05) is 13.0 Å². The number of carboxylic acids is 1. The Bertz CT molecular complexity index is 696. The van der Waals surface area contributed by atoms with E-state index in [9.17, 15) is 14.7 Å². The predicted molar refractivity (Wildman–Crippen MR) is 101 cm³/mol. The number of hydrogen-bond donors (Lipinski definition) is 1. The molecule has 0 aromatic heterocycles. The Labute approximate surface area is 160 Å². The van der Waals surface area contributed by atoms with Gasteiger partial charge in [-0.1, -0.05) is 25.7 Å². The number of methoxy groups -OCH3 is 2. The fourth-order valence-electron chi connectivity index (χ4n) is 4.48. The molecular formula is C21H29NO5. The normalized spacial score (nSPS) is 19.6. The third-order valence-electron chi connectivity index (χ3n) is 5.93. The minimum Gasteiger partial charge on any atom is -0.493 e. The highest BCUT2D eigenvalue weighted by atomic mass is 16.5. The molecule has 27 heavy (non-hydrogen) atoms. The van der Waals surface area contributed by atoms with Crippen LogP contribution in [-0.2, 0) is 16.0 Å². The molecule has 0 bridgehead atoms. The minimum absolute atomic E-state index is 0.0635. The van der Waals surface area contributed by atoms with Crippen LogP contribution in [0.3, 0.4) is 0 Å². The second kappa shape index (κ2) is 8.63. The van der Waals surface area contributed by atoms with Crippen molar-refractivity contribution in [2.45, 2.75) is 57.4 Å². The Morgan fingerprint density at radius 3 is 2.44 bits per heavy atom. The van der Waals surface area contributed by atoms with Gasteiger partial charge in [-0.25, -0.2) is 0 Å². The van der Waals surface area contributed by atoms with Crippen molar-refractivity contribution in [1.29, 1.82) is 0 Å². The quantitative estimate of drug-likeness (QED) is 0.788. The van der Waals surface area contributed by atoms with E-state index in [1.165, 1.54) is 25.7 Å². The monoisotopic (exact) mass is 375 g/mol. The predicted octanol–water partition coefficient (Wildman–Crippen LogP) is 3.57. The van der Waals surface area contributed by atoms with Gasteiger partial charge in [-0.2, -0.15) is 0 Å². The topological polar surface area (TPSA) is 76.1 Å². The summed E-state index contributed by atoms with van der Waals surface area (Å²) in [5.41, 5.74) is 1.88. The van der Waals surface area contributed by atoms with Gasteiger partial charge in [-0.05, 0) is 42.0 Å². The number of carboxylic acid groups (broad SMARTS) is 1. The van der Waals surface area contributed by atoms with E-state index in [0.29, 0.717) is 36.8 Å². The summed E-state index contributed by atoms with van der Waals surface area (Å²) in [5.74, 6) is 0.997. The highest BCUT2D eigenvalue weighted by Crippen LogP contribution is 2.40. The maximum Gasteiger partial charge on any atom is 0.305 e. The smallest absolute Gasteiger partial charge is 0.305 e. The van der Waals surface area contributed by atoms with Crippen molar-refractivity contribution in [3.8, 4) is 11.5 Å². The summed E-state index contributed by atoms with van der Waals surface area (Å²) in [6.45, 7) is 0.546. The fraction of sp³-hybridized carbons (Fsp3) is 0.619. The molecule has 1 amide bonds. The van der Waals surface area contributed by atoms with Crippen LogP contribution >= 0.6 is 0 Å². The van der Waals surface area contributed by atoms with Crippen molar-refractivity contribution in [2.24, 2.45) is 5.92 Å². The molecule has 1 heterocycles. The van der Waals surface area contributed by atoms with Gasteiger partial charge in [0.1, 0.15) is 0 Å².